The van der Waals surface area contributed by atoms with E-state index in [-0.39, 0.29) is 0 Å². The Morgan fingerprint density at radius 3 is 1.93 bits per heavy atom. The van der Waals surface area contributed by atoms with Crippen LogP contribution in [-0.4, -0.2) is 18.9 Å². The molecule has 0 aliphatic rings. The van der Waals surface area contributed by atoms with Gasteiger partial charge in [-0.15, -0.1) is 0 Å². The SMILES string of the molecule is c1ccc(-c2nc3c(ccc4ccccc43)nc2-n2c3cccc4c5cccc6c7ccccc7n(c7cccc2c7c43)c56)cc1. The lowest BCUT2D eigenvalue weighted by Gasteiger charge is -2.15. The molecule has 0 fully saturated rings. The third kappa shape index (κ3) is 2.98. The fourth-order valence-corrected chi connectivity index (χ4v) is 7.94. The summed E-state index contributed by atoms with van der Waals surface area (Å²) in [5, 5.41) is 9.77. The molecule has 4 nitrogen and oxygen atoms in total. The zero-order chi connectivity index (χ0) is 29.9. The van der Waals surface area contributed by atoms with E-state index < -0.39 is 0 Å². The maximum Gasteiger partial charge on any atom is 0.165 e. The number of aromatic nitrogens is 4. The lowest BCUT2D eigenvalue weighted by Crippen LogP contribution is -2.04. The van der Waals surface area contributed by atoms with Gasteiger partial charge in [-0.1, -0.05) is 115 Å². The average molecular weight is 585 g/mol. The van der Waals surface area contributed by atoms with Gasteiger partial charge in [0.05, 0.1) is 38.6 Å². The van der Waals surface area contributed by atoms with Crippen molar-refractivity contribution in [3.05, 3.63) is 146 Å². The van der Waals surface area contributed by atoms with Crippen LogP contribution in [0.15, 0.2) is 146 Å². The van der Waals surface area contributed by atoms with E-state index in [1.807, 2.05) is 0 Å². The highest BCUT2D eigenvalue weighted by atomic mass is 15.1. The average Bonchev–Trinajstić information content (AvgIpc) is 3.60. The van der Waals surface area contributed by atoms with Crippen LogP contribution in [0.4, 0.5) is 0 Å². The van der Waals surface area contributed by atoms with Crippen molar-refractivity contribution in [3.63, 3.8) is 0 Å². The summed E-state index contributed by atoms with van der Waals surface area (Å²) < 4.78 is 4.82. The van der Waals surface area contributed by atoms with E-state index in [1.54, 1.807) is 0 Å². The van der Waals surface area contributed by atoms with Gasteiger partial charge in [-0.3, -0.25) is 4.57 Å². The van der Waals surface area contributed by atoms with Crippen LogP contribution in [0, 0.1) is 0 Å². The van der Waals surface area contributed by atoms with Crippen LogP contribution in [0.3, 0.4) is 0 Å². The van der Waals surface area contributed by atoms with Crippen LogP contribution in [0.1, 0.15) is 0 Å². The normalized spacial score (nSPS) is 12.3. The number of benzene rings is 7. The van der Waals surface area contributed by atoms with Crippen molar-refractivity contribution in [1.82, 2.24) is 18.9 Å². The minimum absolute atomic E-state index is 0.833. The number of rotatable bonds is 2. The van der Waals surface area contributed by atoms with Gasteiger partial charge in [0, 0.05) is 37.9 Å². The third-order valence-electron chi connectivity index (χ3n) is 9.82. The van der Waals surface area contributed by atoms with Gasteiger partial charge in [-0.25, -0.2) is 9.97 Å². The molecule has 0 spiro atoms. The molecule has 4 heterocycles. The second-order valence-corrected chi connectivity index (χ2v) is 12.2. The molecule has 0 N–H and O–H groups in total. The molecule has 7 aromatic carbocycles. The fraction of sp³-hybridized carbons (Fsp3) is 0. The third-order valence-corrected chi connectivity index (χ3v) is 9.82. The molecule has 212 valence electrons. The number of hydrogen-bond acceptors (Lipinski definition) is 2. The van der Waals surface area contributed by atoms with Crippen molar-refractivity contribution in [1.29, 1.82) is 0 Å². The van der Waals surface area contributed by atoms with Crippen molar-refractivity contribution in [3.8, 4) is 17.1 Å². The summed E-state index contributed by atoms with van der Waals surface area (Å²) in [5.41, 5.74) is 9.60. The first-order chi connectivity index (χ1) is 22.8. The molecule has 0 bridgehead atoms. The Labute approximate surface area is 262 Å². The lowest BCUT2D eigenvalue weighted by molar-refractivity contribution is 1.08. The van der Waals surface area contributed by atoms with Crippen molar-refractivity contribution in [2.24, 2.45) is 0 Å². The molecule has 0 saturated carbocycles. The van der Waals surface area contributed by atoms with Gasteiger partial charge in [0.2, 0.25) is 0 Å². The first-order valence-corrected chi connectivity index (χ1v) is 15.7. The molecule has 0 aliphatic heterocycles. The molecule has 0 saturated heterocycles. The summed E-state index contributed by atoms with van der Waals surface area (Å²) in [6, 6.07) is 52.1. The molecular formula is C42H24N4. The van der Waals surface area contributed by atoms with E-state index in [0.29, 0.717) is 0 Å². The smallest absolute Gasteiger partial charge is 0.165 e. The van der Waals surface area contributed by atoms with Gasteiger partial charge in [0.15, 0.2) is 5.82 Å². The van der Waals surface area contributed by atoms with Crippen molar-refractivity contribution >= 4 is 81.7 Å². The Balaban J connectivity index is 1.39. The van der Waals surface area contributed by atoms with E-state index in [9.17, 15) is 0 Å². The number of nitrogens with zero attached hydrogens (tertiary/aromatic N) is 4. The zero-order valence-corrected chi connectivity index (χ0v) is 24.6. The summed E-state index contributed by atoms with van der Waals surface area (Å²) in [7, 11) is 0. The van der Waals surface area contributed by atoms with Gasteiger partial charge >= 0.3 is 0 Å². The van der Waals surface area contributed by atoms with Crippen LogP contribution in [-0.2, 0) is 0 Å². The number of fused-ring (bicyclic) bond motifs is 8. The molecule has 0 aliphatic carbocycles. The van der Waals surface area contributed by atoms with E-state index in [4.69, 9.17) is 9.97 Å². The van der Waals surface area contributed by atoms with Gasteiger partial charge in [0.1, 0.15) is 5.69 Å². The second-order valence-electron chi connectivity index (χ2n) is 12.2. The lowest BCUT2D eigenvalue weighted by atomic mass is 10.0. The highest BCUT2D eigenvalue weighted by Crippen LogP contribution is 2.44. The predicted molar refractivity (Wildman–Crippen MR) is 191 cm³/mol. The fourth-order valence-electron chi connectivity index (χ4n) is 7.94. The topological polar surface area (TPSA) is 35.1 Å². The standard InChI is InChI=1S/C42H24N4/c1-2-12-26(13-3-1)39-42(43-32-24-23-25-11-4-5-14-27(25)40(32)44-39)46-34-20-9-16-29-31-18-8-17-30-28-15-6-7-19-33(28)45(41(30)31)35-21-10-22-36(46)38(35)37(29)34/h1-24H. The molecule has 46 heavy (non-hydrogen) atoms. The summed E-state index contributed by atoms with van der Waals surface area (Å²) >= 11 is 0. The Morgan fingerprint density at radius 1 is 0.413 bits per heavy atom. The van der Waals surface area contributed by atoms with Crippen molar-refractivity contribution in [2.45, 2.75) is 0 Å². The largest absolute Gasteiger partial charge is 0.308 e. The van der Waals surface area contributed by atoms with Gasteiger partial charge < -0.3 is 4.40 Å². The maximum absolute atomic E-state index is 5.46. The van der Waals surface area contributed by atoms with Crippen LogP contribution in [0.5, 0.6) is 0 Å². The van der Waals surface area contributed by atoms with Crippen molar-refractivity contribution < 1.29 is 0 Å². The Bertz CT molecular complexity index is 3020. The minimum atomic E-state index is 0.833. The van der Waals surface area contributed by atoms with Gasteiger partial charge in [0.25, 0.3) is 0 Å². The van der Waals surface area contributed by atoms with Gasteiger partial charge in [-0.2, -0.15) is 0 Å². The summed E-state index contributed by atoms with van der Waals surface area (Å²) in [6.45, 7) is 0. The van der Waals surface area contributed by atoms with Crippen LogP contribution in [0.2, 0.25) is 0 Å². The number of hydrogen-bond donors (Lipinski definition) is 0. The molecular weight excluding hydrogens is 560 g/mol. The zero-order valence-electron chi connectivity index (χ0n) is 24.6. The second kappa shape index (κ2) is 8.68. The predicted octanol–water partition coefficient (Wildman–Crippen LogP) is 10.7. The Morgan fingerprint density at radius 2 is 1.04 bits per heavy atom. The Kier molecular flexibility index (Phi) is 4.55. The molecule has 0 atom stereocenters. The Hall–Kier alpha value is -6.26. The van der Waals surface area contributed by atoms with E-state index in [2.05, 4.69) is 155 Å². The molecule has 0 unspecified atom stereocenters. The van der Waals surface area contributed by atoms with Crippen LogP contribution in [0.25, 0.3) is 98.8 Å². The first-order valence-electron chi connectivity index (χ1n) is 15.7. The first kappa shape index (κ1) is 24.1. The maximum atomic E-state index is 5.46. The van der Waals surface area contributed by atoms with E-state index in [0.717, 1.165) is 49.9 Å². The van der Waals surface area contributed by atoms with Crippen molar-refractivity contribution in [2.75, 3.05) is 0 Å². The molecule has 0 radical (unpaired) electrons. The molecule has 11 aromatic rings. The number of para-hydroxylation sites is 2. The van der Waals surface area contributed by atoms with E-state index in [1.165, 1.54) is 48.9 Å². The molecule has 4 aromatic heterocycles. The molecule has 4 heteroatoms. The quantitative estimate of drug-likeness (QED) is 0.190. The summed E-state index contributed by atoms with van der Waals surface area (Å²) in [5.74, 6) is 0.833. The summed E-state index contributed by atoms with van der Waals surface area (Å²) in [4.78, 5) is 10.9. The highest BCUT2D eigenvalue weighted by molar-refractivity contribution is 6.31. The highest BCUT2D eigenvalue weighted by Gasteiger charge is 2.24. The summed E-state index contributed by atoms with van der Waals surface area (Å²) in [6.07, 6.45) is 0. The monoisotopic (exact) mass is 584 g/mol. The minimum Gasteiger partial charge on any atom is -0.308 e. The van der Waals surface area contributed by atoms with E-state index >= 15 is 0 Å². The molecule has 0 amide bonds. The van der Waals surface area contributed by atoms with Crippen LogP contribution < -0.4 is 0 Å². The molecule has 11 rings (SSSR count). The van der Waals surface area contributed by atoms with Gasteiger partial charge in [-0.05, 0) is 41.1 Å². The van der Waals surface area contributed by atoms with Crippen LogP contribution >= 0.6 is 0 Å².